The molecule has 1 heterocycles. The van der Waals surface area contributed by atoms with Crippen molar-refractivity contribution in [1.82, 2.24) is 4.90 Å². The Hall–Kier alpha value is -0.610. The Labute approximate surface area is 96.8 Å². The smallest absolute Gasteiger partial charge is 0.230 e. The largest absolute Gasteiger partial charge is 0.391 e. The van der Waals surface area contributed by atoms with Gasteiger partial charge in [0, 0.05) is 19.6 Å². The number of aliphatic hydroxyl groups is 1. The van der Waals surface area contributed by atoms with Crippen molar-refractivity contribution < 1.29 is 9.90 Å². The Bertz CT molecular complexity index is 262. The van der Waals surface area contributed by atoms with Crippen molar-refractivity contribution in [3.8, 4) is 0 Å². The maximum absolute atomic E-state index is 12.4. The number of β-amino-alcohol motifs (C(OH)–C–C–N with tert-alkyl or cyclic N) is 1. The monoisotopic (exact) mass is 226 g/mol. The molecule has 1 saturated carbocycles. The number of aliphatic hydroxyl groups excluding tert-OH is 1. The molecule has 1 atom stereocenters. The Kier molecular flexibility index (Phi) is 3.50. The van der Waals surface area contributed by atoms with Crippen molar-refractivity contribution in [2.45, 2.75) is 44.6 Å². The fourth-order valence-corrected chi connectivity index (χ4v) is 3.03. The van der Waals surface area contributed by atoms with Gasteiger partial charge in [0.25, 0.3) is 0 Å². The highest BCUT2D eigenvalue weighted by atomic mass is 16.3. The van der Waals surface area contributed by atoms with E-state index >= 15 is 0 Å². The molecule has 0 radical (unpaired) electrons. The van der Waals surface area contributed by atoms with Crippen LogP contribution >= 0.6 is 0 Å². The van der Waals surface area contributed by atoms with Crippen LogP contribution in [-0.4, -0.2) is 41.7 Å². The first-order valence-electron chi connectivity index (χ1n) is 6.35. The molecule has 0 bridgehead atoms. The van der Waals surface area contributed by atoms with Gasteiger partial charge in [-0.1, -0.05) is 12.8 Å². The van der Waals surface area contributed by atoms with Crippen LogP contribution in [0.1, 0.15) is 38.5 Å². The topological polar surface area (TPSA) is 66.6 Å². The number of carbonyl (C=O) groups is 1. The lowest BCUT2D eigenvalue weighted by Gasteiger charge is -2.37. The summed E-state index contributed by atoms with van der Waals surface area (Å²) in [6, 6.07) is 0. The molecule has 1 amide bonds. The molecule has 0 unspecified atom stereocenters. The van der Waals surface area contributed by atoms with Crippen molar-refractivity contribution >= 4 is 5.91 Å². The molecule has 16 heavy (non-hydrogen) atoms. The van der Waals surface area contributed by atoms with Gasteiger partial charge in [0.05, 0.1) is 11.5 Å². The summed E-state index contributed by atoms with van der Waals surface area (Å²) in [5.41, 5.74) is 5.49. The van der Waals surface area contributed by atoms with E-state index < -0.39 is 0 Å². The predicted molar refractivity (Wildman–Crippen MR) is 61.8 cm³/mol. The van der Waals surface area contributed by atoms with Gasteiger partial charge in [-0.05, 0) is 25.7 Å². The molecule has 2 rings (SSSR count). The molecule has 1 aliphatic heterocycles. The van der Waals surface area contributed by atoms with Gasteiger partial charge in [-0.3, -0.25) is 4.79 Å². The van der Waals surface area contributed by atoms with E-state index in [1.54, 1.807) is 0 Å². The van der Waals surface area contributed by atoms with Gasteiger partial charge in [-0.2, -0.15) is 0 Å². The second-order valence-corrected chi connectivity index (χ2v) is 5.24. The van der Waals surface area contributed by atoms with Gasteiger partial charge in [0.2, 0.25) is 5.91 Å². The van der Waals surface area contributed by atoms with Gasteiger partial charge < -0.3 is 15.7 Å². The number of hydrogen-bond donors (Lipinski definition) is 2. The molecule has 3 N–H and O–H groups in total. The molecule has 0 aromatic carbocycles. The van der Waals surface area contributed by atoms with E-state index in [1.165, 1.54) is 0 Å². The van der Waals surface area contributed by atoms with Crippen LogP contribution in [0.2, 0.25) is 0 Å². The maximum Gasteiger partial charge on any atom is 0.230 e. The van der Waals surface area contributed by atoms with Crippen molar-refractivity contribution in [1.29, 1.82) is 0 Å². The third kappa shape index (κ3) is 2.09. The second kappa shape index (κ2) is 4.72. The molecule has 0 aromatic rings. The van der Waals surface area contributed by atoms with Crippen LogP contribution < -0.4 is 5.73 Å². The number of amides is 1. The molecule has 4 heteroatoms. The van der Waals surface area contributed by atoms with Crippen LogP contribution in [0, 0.1) is 5.41 Å². The molecular weight excluding hydrogens is 204 g/mol. The molecule has 2 fully saturated rings. The quantitative estimate of drug-likeness (QED) is 0.720. The van der Waals surface area contributed by atoms with Crippen molar-refractivity contribution in [3.63, 3.8) is 0 Å². The number of nitrogens with two attached hydrogens (primary N) is 1. The van der Waals surface area contributed by atoms with E-state index in [0.717, 1.165) is 45.1 Å². The zero-order valence-corrected chi connectivity index (χ0v) is 9.82. The summed E-state index contributed by atoms with van der Waals surface area (Å²) in [6.45, 7) is 1.75. The predicted octanol–water partition coefficient (Wildman–Crippen LogP) is 0.489. The van der Waals surface area contributed by atoms with Crippen molar-refractivity contribution in [3.05, 3.63) is 0 Å². The van der Waals surface area contributed by atoms with E-state index in [1.807, 2.05) is 4.90 Å². The van der Waals surface area contributed by atoms with Gasteiger partial charge in [-0.25, -0.2) is 0 Å². The lowest BCUT2D eigenvalue weighted by molar-refractivity contribution is -0.144. The van der Waals surface area contributed by atoms with E-state index in [-0.39, 0.29) is 17.4 Å². The minimum Gasteiger partial charge on any atom is -0.391 e. The molecule has 4 nitrogen and oxygen atoms in total. The third-order valence-corrected chi connectivity index (χ3v) is 4.09. The number of rotatable bonds is 2. The van der Waals surface area contributed by atoms with Crippen molar-refractivity contribution in [2.75, 3.05) is 19.6 Å². The SMILES string of the molecule is NCC1(C(=O)N2CCC[C@H](O)C2)CCCC1. The second-order valence-electron chi connectivity index (χ2n) is 5.24. The summed E-state index contributed by atoms with van der Waals surface area (Å²) < 4.78 is 0. The van der Waals surface area contributed by atoms with E-state index in [4.69, 9.17) is 5.73 Å². The van der Waals surface area contributed by atoms with E-state index in [9.17, 15) is 9.90 Å². The van der Waals surface area contributed by atoms with Gasteiger partial charge >= 0.3 is 0 Å². The average molecular weight is 226 g/mol. The average Bonchev–Trinajstić information content (AvgIpc) is 2.78. The standard InChI is InChI=1S/C12H22N2O2/c13-9-12(5-1-2-6-12)11(16)14-7-3-4-10(15)8-14/h10,15H,1-9,13H2/t10-/m0/s1. The number of hydrogen-bond acceptors (Lipinski definition) is 3. The minimum atomic E-state index is -0.339. The molecule has 1 saturated heterocycles. The first kappa shape index (κ1) is 11.9. The van der Waals surface area contributed by atoms with Crippen LogP contribution in [0.5, 0.6) is 0 Å². The summed E-state index contributed by atoms with van der Waals surface area (Å²) in [7, 11) is 0. The minimum absolute atomic E-state index is 0.186. The summed E-state index contributed by atoms with van der Waals surface area (Å²) >= 11 is 0. The Balaban J connectivity index is 2.04. The molecule has 0 spiro atoms. The lowest BCUT2D eigenvalue weighted by Crippen LogP contribution is -2.51. The van der Waals surface area contributed by atoms with Crippen LogP contribution in [-0.2, 0) is 4.79 Å². The maximum atomic E-state index is 12.4. The zero-order valence-electron chi connectivity index (χ0n) is 9.82. The molecule has 92 valence electrons. The zero-order chi connectivity index (χ0) is 11.6. The fourth-order valence-electron chi connectivity index (χ4n) is 3.03. The Morgan fingerprint density at radius 3 is 2.62 bits per heavy atom. The molecular formula is C12H22N2O2. The van der Waals surface area contributed by atoms with E-state index in [0.29, 0.717) is 13.1 Å². The van der Waals surface area contributed by atoms with Crippen molar-refractivity contribution in [2.24, 2.45) is 11.1 Å². The summed E-state index contributed by atoms with van der Waals surface area (Å²) in [5, 5.41) is 9.60. The van der Waals surface area contributed by atoms with Gasteiger partial charge in [0.15, 0.2) is 0 Å². The fraction of sp³-hybridized carbons (Fsp3) is 0.917. The van der Waals surface area contributed by atoms with Crippen LogP contribution in [0.15, 0.2) is 0 Å². The molecule has 0 aromatic heterocycles. The van der Waals surface area contributed by atoms with Crippen LogP contribution in [0.25, 0.3) is 0 Å². The molecule has 2 aliphatic rings. The Morgan fingerprint density at radius 2 is 2.06 bits per heavy atom. The van der Waals surface area contributed by atoms with Crippen LogP contribution in [0.4, 0.5) is 0 Å². The Morgan fingerprint density at radius 1 is 1.38 bits per heavy atom. The lowest BCUT2D eigenvalue weighted by atomic mass is 9.84. The number of nitrogens with zero attached hydrogens (tertiary/aromatic N) is 1. The highest BCUT2D eigenvalue weighted by Gasteiger charge is 2.43. The first-order valence-corrected chi connectivity index (χ1v) is 6.35. The van der Waals surface area contributed by atoms with Crippen LogP contribution in [0.3, 0.4) is 0 Å². The summed E-state index contributed by atoms with van der Waals surface area (Å²) in [5.74, 6) is 0.186. The number of piperidine rings is 1. The summed E-state index contributed by atoms with van der Waals surface area (Å²) in [6.07, 6.45) is 5.46. The van der Waals surface area contributed by atoms with Gasteiger partial charge in [0.1, 0.15) is 0 Å². The number of likely N-dealkylation sites (tertiary alicyclic amines) is 1. The highest BCUT2D eigenvalue weighted by Crippen LogP contribution is 2.39. The highest BCUT2D eigenvalue weighted by molar-refractivity contribution is 5.83. The number of carbonyl (C=O) groups excluding carboxylic acids is 1. The van der Waals surface area contributed by atoms with Gasteiger partial charge in [-0.15, -0.1) is 0 Å². The summed E-state index contributed by atoms with van der Waals surface area (Å²) in [4.78, 5) is 14.3. The first-order chi connectivity index (χ1) is 7.68. The molecule has 1 aliphatic carbocycles. The third-order valence-electron chi connectivity index (χ3n) is 4.09. The normalized spacial score (nSPS) is 29.4. The van der Waals surface area contributed by atoms with E-state index in [2.05, 4.69) is 0 Å².